The van der Waals surface area contributed by atoms with E-state index in [1.54, 1.807) is 19.1 Å². The third kappa shape index (κ3) is 3.95. The molecule has 0 aliphatic rings. The summed E-state index contributed by atoms with van der Waals surface area (Å²) < 4.78 is 5.38. The normalized spacial score (nSPS) is 10.2. The van der Waals surface area contributed by atoms with Gasteiger partial charge in [-0.25, -0.2) is 0 Å². The zero-order valence-corrected chi connectivity index (χ0v) is 12.1. The van der Waals surface area contributed by atoms with Gasteiger partial charge in [0.15, 0.2) is 0 Å². The fraction of sp³-hybridized carbons (Fsp3) is 0.250. The van der Waals surface area contributed by atoms with Crippen LogP contribution < -0.4 is 10.1 Å². The maximum absolute atomic E-state index is 10.9. The number of nitro benzene ring substituents is 1. The Morgan fingerprint density at radius 2 is 1.90 bits per heavy atom. The zero-order chi connectivity index (χ0) is 15.2. The lowest BCUT2D eigenvalue weighted by Crippen LogP contribution is -2.01. The van der Waals surface area contributed by atoms with E-state index in [4.69, 9.17) is 4.74 Å². The van der Waals surface area contributed by atoms with Crippen molar-refractivity contribution >= 4 is 11.4 Å². The van der Waals surface area contributed by atoms with Crippen LogP contribution in [0.3, 0.4) is 0 Å². The van der Waals surface area contributed by atoms with Gasteiger partial charge >= 0.3 is 0 Å². The molecule has 0 saturated carbocycles. The van der Waals surface area contributed by atoms with Crippen molar-refractivity contribution in [1.82, 2.24) is 0 Å². The maximum Gasteiger partial charge on any atom is 0.272 e. The predicted molar refractivity (Wildman–Crippen MR) is 82.8 cm³/mol. The van der Waals surface area contributed by atoms with Gasteiger partial charge in [-0.3, -0.25) is 10.1 Å². The molecule has 0 radical (unpaired) electrons. The van der Waals surface area contributed by atoms with Crippen LogP contribution in [0.1, 0.15) is 18.1 Å². The summed E-state index contributed by atoms with van der Waals surface area (Å²) in [6.45, 7) is 4.85. The summed E-state index contributed by atoms with van der Waals surface area (Å²) in [5.41, 5.74) is 2.65. The fourth-order valence-electron chi connectivity index (χ4n) is 2.00. The SMILES string of the molecule is CCOc1ccc(NCc2ccc(C)c([N+](=O)[O-])c2)cc1. The lowest BCUT2D eigenvalue weighted by atomic mass is 10.1. The van der Waals surface area contributed by atoms with Gasteiger partial charge in [0, 0.05) is 23.9 Å². The van der Waals surface area contributed by atoms with Crippen LogP contribution in [0.4, 0.5) is 11.4 Å². The molecule has 0 aliphatic carbocycles. The van der Waals surface area contributed by atoms with Crippen molar-refractivity contribution in [2.24, 2.45) is 0 Å². The highest BCUT2D eigenvalue weighted by Crippen LogP contribution is 2.21. The molecule has 0 aliphatic heterocycles. The molecule has 2 aromatic carbocycles. The van der Waals surface area contributed by atoms with Crippen LogP contribution in [0.5, 0.6) is 5.75 Å². The Balaban J connectivity index is 2.02. The Morgan fingerprint density at radius 3 is 2.52 bits per heavy atom. The molecule has 0 saturated heterocycles. The quantitative estimate of drug-likeness (QED) is 0.646. The third-order valence-electron chi connectivity index (χ3n) is 3.13. The first-order valence-electron chi connectivity index (χ1n) is 6.81. The molecular formula is C16H18N2O3. The van der Waals surface area contributed by atoms with E-state index in [0.29, 0.717) is 18.7 Å². The Labute approximate surface area is 123 Å². The zero-order valence-electron chi connectivity index (χ0n) is 12.1. The molecule has 2 rings (SSSR count). The van der Waals surface area contributed by atoms with Gasteiger partial charge in [0.05, 0.1) is 11.5 Å². The first kappa shape index (κ1) is 14.8. The summed E-state index contributed by atoms with van der Waals surface area (Å²) in [4.78, 5) is 10.6. The highest BCUT2D eigenvalue weighted by molar-refractivity contribution is 5.48. The topological polar surface area (TPSA) is 64.4 Å². The largest absolute Gasteiger partial charge is 0.494 e. The van der Waals surface area contributed by atoms with Crippen molar-refractivity contribution in [2.75, 3.05) is 11.9 Å². The Bertz CT molecular complexity index is 624. The molecule has 0 unspecified atom stereocenters. The van der Waals surface area contributed by atoms with Gasteiger partial charge in [0.1, 0.15) is 5.75 Å². The van der Waals surface area contributed by atoms with E-state index in [1.807, 2.05) is 37.3 Å². The number of ether oxygens (including phenoxy) is 1. The van der Waals surface area contributed by atoms with Crippen molar-refractivity contribution < 1.29 is 9.66 Å². The highest BCUT2D eigenvalue weighted by Gasteiger charge is 2.10. The van der Waals surface area contributed by atoms with Gasteiger partial charge in [-0.2, -0.15) is 0 Å². The van der Waals surface area contributed by atoms with E-state index in [0.717, 1.165) is 17.0 Å². The fourth-order valence-corrected chi connectivity index (χ4v) is 2.00. The number of benzene rings is 2. The van der Waals surface area contributed by atoms with Crippen LogP contribution in [0.2, 0.25) is 0 Å². The van der Waals surface area contributed by atoms with Crippen molar-refractivity contribution in [3.63, 3.8) is 0 Å². The molecular weight excluding hydrogens is 268 g/mol. The summed E-state index contributed by atoms with van der Waals surface area (Å²) in [6, 6.07) is 12.9. The van der Waals surface area contributed by atoms with Crippen molar-refractivity contribution in [3.05, 3.63) is 63.7 Å². The maximum atomic E-state index is 10.9. The number of hydrogen-bond donors (Lipinski definition) is 1. The molecule has 2 aromatic rings. The second-order valence-corrected chi connectivity index (χ2v) is 4.69. The first-order chi connectivity index (χ1) is 10.1. The molecule has 0 aromatic heterocycles. The number of anilines is 1. The smallest absolute Gasteiger partial charge is 0.272 e. The molecule has 0 atom stereocenters. The summed E-state index contributed by atoms with van der Waals surface area (Å²) in [5, 5.41) is 14.2. The lowest BCUT2D eigenvalue weighted by molar-refractivity contribution is -0.385. The van der Waals surface area contributed by atoms with Crippen LogP contribution in [-0.2, 0) is 6.54 Å². The van der Waals surface area contributed by atoms with Gasteiger partial charge in [0.2, 0.25) is 0 Å². The molecule has 0 fully saturated rings. The number of nitrogens with one attached hydrogen (secondary N) is 1. The Hall–Kier alpha value is -2.56. The van der Waals surface area contributed by atoms with E-state index in [2.05, 4.69) is 5.32 Å². The van der Waals surface area contributed by atoms with Gasteiger partial charge in [0.25, 0.3) is 5.69 Å². The Kier molecular flexibility index (Phi) is 4.77. The van der Waals surface area contributed by atoms with Crippen LogP contribution >= 0.6 is 0 Å². The summed E-state index contributed by atoms with van der Waals surface area (Å²) in [5.74, 6) is 0.828. The average molecular weight is 286 g/mol. The van der Waals surface area contributed by atoms with E-state index < -0.39 is 0 Å². The summed E-state index contributed by atoms with van der Waals surface area (Å²) >= 11 is 0. The molecule has 110 valence electrons. The molecule has 0 heterocycles. The van der Waals surface area contributed by atoms with Crippen LogP contribution in [0.25, 0.3) is 0 Å². The van der Waals surface area contributed by atoms with Gasteiger partial charge in [-0.1, -0.05) is 12.1 Å². The minimum Gasteiger partial charge on any atom is -0.494 e. The predicted octanol–water partition coefficient (Wildman–Crippen LogP) is 3.91. The average Bonchev–Trinajstić information content (AvgIpc) is 2.48. The number of rotatable bonds is 6. The van der Waals surface area contributed by atoms with Crippen molar-refractivity contribution in [2.45, 2.75) is 20.4 Å². The lowest BCUT2D eigenvalue weighted by Gasteiger charge is -2.08. The standard InChI is InChI=1S/C16H18N2O3/c1-3-21-15-8-6-14(7-9-15)17-11-13-5-4-12(2)16(10-13)18(19)20/h4-10,17H,3,11H2,1-2H3. The Morgan fingerprint density at radius 1 is 1.19 bits per heavy atom. The molecule has 5 nitrogen and oxygen atoms in total. The second-order valence-electron chi connectivity index (χ2n) is 4.69. The van der Waals surface area contributed by atoms with E-state index in [-0.39, 0.29) is 10.6 Å². The monoisotopic (exact) mass is 286 g/mol. The molecule has 0 spiro atoms. The minimum atomic E-state index is -0.351. The number of nitrogens with zero attached hydrogens (tertiary/aromatic N) is 1. The van der Waals surface area contributed by atoms with Crippen LogP contribution in [-0.4, -0.2) is 11.5 Å². The summed E-state index contributed by atoms with van der Waals surface area (Å²) in [6.07, 6.45) is 0. The van der Waals surface area contributed by atoms with Crippen molar-refractivity contribution in [3.8, 4) is 5.75 Å². The minimum absolute atomic E-state index is 0.154. The first-order valence-corrected chi connectivity index (χ1v) is 6.81. The van der Waals surface area contributed by atoms with Gasteiger partial charge < -0.3 is 10.1 Å². The van der Waals surface area contributed by atoms with Gasteiger partial charge in [-0.05, 0) is 43.7 Å². The van der Waals surface area contributed by atoms with E-state index >= 15 is 0 Å². The molecule has 0 amide bonds. The number of hydrogen-bond acceptors (Lipinski definition) is 4. The molecule has 21 heavy (non-hydrogen) atoms. The van der Waals surface area contributed by atoms with E-state index in [9.17, 15) is 10.1 Å². The third-order valence-corrected chi connectivity index (χ3v) is 3.13. The van der Waals surface area contributed by atoms with Crippen LogP contribution in [0.15, 0.2) is 42.5 Å². The number of nitro groups is 1. The van der Waals surface area contributed by atoms with Gasteiger partial charge in [-0.15, -0.1) is 0 Å². The van der Waals surface area contributed by atoms with Crippen molar-refractivity contribution in [1.29, 1.82) is 0 Å². The van der Waals surface area contributed by atoms with Crippen LogP contribution in [0, 0.1) is 17.0 Å². The molecule has 0 bridgehead atoms. The highest BCUT2D eigenvalue weighted by atomic mass is 16.6. The van der Waals surface area contributed by atoms with E-state index in [1.165, 1.54) is 0 Å². The molecule has 5 heteroatoms. The second kappa shape index (κ2) is 6.74. The molecule has 1 N–H and O–H groups in total. The summed E-state index contributed by atoms with van der Waals surface area (Å²) in [7, 11) is 0. The number of aryl methyl sites for hydroxylation is 1.